The molecular formula is C28H34N2O4. The predicted octanol–water partition coefficient (Wildman–Crippen LogP) is 4.67. The van der Waals surface area contributed by atoms with E-state index in [2.05, 4.69) is 19.2 Å². The molecule has 1 N–H and O–H groups in total. The van der Waals surface area contributed by atoms with Gasteiger partial charge in [0, 0.05) is 30.6 Å². The van der Waals surface area contributed by atoms with Crippen LogP contribution in [0.25, 0.3) is 10.9 Å². The molecule has 1 fully saturated rings. The van der Waals surface area contributed by atoms with E-state index in [9.17, 15) is 9.59 Å². The fourth-order valence-corrected chi connectivity index (χ4v) is 4.41. The highest BCUT2D eigenvalue weighted by molar-refractivity contribution is 5.84. The number of methoxy groups -OCH3 is 1. The van der Waals surface area contributed by atoms with Crippen molar-refractivity contribution in [3.8, 4) is 11.5 Å². The largest absolute Gasteiger partial charge is 0.497 e. The number of rotatable bonds is 10. The van der Waals surface area contributed by atoms with E-state index >= 15 is 0 Å². The number of carbonyl (C=O) groups is 1. The molecule has 1 aliphatic rings. The van der Waals surface area contributed by atoms with Crippen molar-refractivity contribution in [1.29, 1.82) is 0 Å². The van der Waals surface area contributed by atoms with E-state index in [1.807, 2.05) is 47.0 Å². The summed E-state index contributed by atoms with van der Waals surface area (Å²) in [6, 6.07) is 15.4. The van der Waals surface area contributed by atoms with Gasteiger partial charge < -0.3 is 19.4 Å². The topological polar surface area (TPSA) is 69.6 Å². The zero-order chi connectivity index (χ0) is 24.1. The number of benzene rings is 2. The third-order valence-electron chi connectivity index (χ3n) is 6.67. The Labute approximate surface area is 200 Å². The van der Waals surface area contributed by atoms with Crippen molar-refractivity contribution in [2.24, 2.45) is 5.92 Å². The van der Waals surface area contributed by atoms with E-state index in [1.165, 1.54) is 19.3 Å². The van der Waals surface area contributed by atoms with Crippen LogP contribution in [0, 0.1) is 5.92 Å². The second-order valence-electron chi connectivity index (χ2n) is 9.42. The molecule has 0 aliphatic heterocycles. The average molecular weight is 463 g/mol. The summed E-state index contributed by atoms with van der Waals surface area (Å²) in [7, 11) is 1.64. The highest BCUT2D eigenvalue weighted by Crippen LogP contribution is 2.31. The third-order valence-corrected chi connectivity index (χ3v) is 6.67. The summed E-state index contributed by atoms with van der Waals surface area (Å²) >= 11 is 0. The number of aromatic nitrogens is 1. The summed E-state index contributed by atoms with van der Waals surface area (Å²) in [5.74, 6) is 2.05. The number of nitrogens with zero attached hydrogens (tertiary/aromatic N) is 1. The van der Waals surface area contributed by atoms with Gasteiger partial charge in [0.05, 0.1) is 12.6 Å². The minimum Gasteiger partial charge on any atom is -0.497 e. The molecule has 1 aromatic heterocycles. The maximum Gasteiger partial charge on any atom is 0.257 e. The number of hydrogen-bond acceptors (Lipinski definition) is 4. The molecule has 1 aliphatic carbocycles. The van der Waals surface area contributed by atoms with Crippen molar-refractivity contribution in [2.45, 2.75) is 52.0 Å². The minimum absolute atomic E-state index is 0.0384. The van der Waals surface area contributed by atoms with Gasteiger partial charge in [0.25, 0.3) is 11.5 Å². The zero-order valence-electron chi connectivity index (χ0n) is 20.3. The standard InChI is InChI=1S/C28H34N2O4/c1-19(2)25-16-28(32)30(17-21-5-4-6-21)26-15-23(11-12-24(25)26)34-18-27(31)29-14-13-20-7-9-22(33-3)10-8-20/h7-12,15-16,19,21H,4-6,13-14,17-18H2,1-3H3,(H,29,31). The van der Waals surface area contributed by atoms with Gasteiger partial charge in [-0.1, -0.05) is 32.4 Å². The molecule has 1 amide bonds. The van der Waals surface area contributed by atoms with E-state index in [0.717, 1.165) is 40.7 Å². The Balaban J connectivity index is 1.41. The lowest BCUT2D eigenvalue weighted by atomic mass is 9.85. The number of hydrogen-bond donors (Lipinski definition) is 1. The second kappa shape index (κ2) is 10.8. The number of nitrogens with one attached hydrogen (secondary N) is 1. The lowest BCUT2D eigenvalue weighted by molar-refractivity contribution is -0.123. The summed E-state index contributed by atoms with van der Waals surface area (Å²) in [5.41, 5.74) is 3.10. The smallest absolute Gasteiger partial charge is 0.257 e. The first-order chi connectivity index (χ1) is 16.4. The Kier molecular flexibility index (Phi) is 7.56. The van der Waals surface area contributed by atoms with Gasteiger partial charge in [0.2, 0.25) is 0 Å². The number of ether oxygens (including phenoxy) is 2. The van der Waals surface area contributed by atoms with Gasteiger partial charge in [-0.2, -0.15) is 0 Å². The van der Waals surface area contributed by atoms with E-state index in [1.54, 1.807) is 13.2 Å². The van der Waals surface area contributed by atoms with Crippen LogP contribution in [0.1, 0.15) is 50.2 Å². The van der Waals surface area contributed by atoms with Crippen LogP contribution in [0.2, 0.25) is 0 Å². The molecule has 6 nitrogen and oxygen atoms in total. The Morgan fingerprint density at radius 1 is 1.09 bits per heavy atom. The van der Waals surface area contributed by atoms with Crippen LogP contribution in [0.4, 0.5) is 0 Å². The van der Waals surface area contributed by atoms with Crippen molar-refractivity contribution >= 4 is 16.8 Å². The molecule has 0 saturated heterocycles. The summed E-state index contributed by atoms with van der Waals surface area (Å²) in [6.07, 6.45) is 4.32. The third kappa shape index (κ3) is 5.61. The fourth-order valence-electron chi connectivity index (χ4n) is 4.41. The number of fused-ring (bicyclic) bond motifs is 1. The molecule has 0 radical (unpaired) electrons. The van der Waals surface area contributed by atoms with E-state index in [-0.39, 0.29) is 24.0 Å². The summed E-state index contributed by atoms with van der Waals surface area (Å²) in [6.45, 7) is 5.41. The second-order valence-corrected chi connectivity index (χ2v) is 9.42. The first-order valence-electron chi connectivity index (χ1n) is 12.1. The number of carbonyl (C=O) groups excluding carboxylic acids is 1. The maximum absolute atomic E-state index is 12.9. The quantitative estimate of drug-likeness (QED) is 0.475. The van der Waals surface area contributed by atoms with Crippen molar-refractivity contribution in [3.05, 3.63) is 70.0 Å². The van der Waals surface area contributed by atoms with Gasteiger partial charge in [0.1, 0.15) is 11.5 Å². The van der Waals surface area contributed by atoms with Crippen molar-refractivity contribution in [2.75, 3.05) is 20.3 Å². The number of amides is 1. The van der Waals surface area contributed by atoms with Crippen molar-refractivity contribution in [3.63, 3.8) is 0 Å². The van der Waals surface area contributed by atoms with Crippen LogP contribution >= 0.6 is 0 Å². The van der Waals surface area contributed by atoms with Crippen LogP contribution in [0.3, 0.4) is 0 Å². The van der Waals surface area contributed by atoms with Crippen LogP contribution in [0.5, 0.6) is 11.5 Å². The molecule has 1 heterocycles. The summed E-state index contributed by atoms with van der Waals surface area (Å²) < 4.78 is 12.9. The molecule has 3 aromatic rings. The Hall–Kier alpha value is -3.28. The van der Waals surface area contributed by atoms with Crippen molar-refractivity contribution < 1.29 is 14.3 Å². The molecule has 0 spiro atoms. The van der Waals surface area contributed by atoms with E-state index < -0.39 is 0 Å². The van der Waals surface area contributed by atoms with Gasteiger partial charge in [-0.05, 0) is 66.5 Å². The molecule has 34 heavy (non-hydrogen) atoms. The molecule has 4 rings (SSSR count). The Morgan fingerprint density at radius 3 is 2.47 bits per heavy atom. The van der Waals surface area contributed by atoms with E-state index in [4.69, 9.17) is 9.47 Å². The average Bonchev–Trinajstić information content (AvgIpc) is 2.80. The monoisotopic (exact) mass is 462 g/mol. The Morgan fingerprint density at radius 2 is 1.82 bits per heavy atom. The summed E-state index contributed by atoms with van der Waals surface area (Å²) in [4.78, 5) is 25.2. The fraction of sp³-hybridized carbons (Fsp3) is 0.429. The van der Waals surface area contributed by atoms with Gasteiger partial charge in [0.15, 0.2) is 6.61 Å². The molecule has 0 unspecified atom stereocenters. The molecule has 180 valence electrons. The zero-order valence-corrected chi connectivity index (χ0v) is 20.3. The van der Waals surface area contributed by atoms with Crippen LogP contribution in [0.15, 0.2) is 53.3 Å². The lowest BCUT2D eigenvalue weighted by Gasteiger charge is -2.27. The SMILES string of the molecule is COc1ccc(CCNC(=O)COc2ccc3c(C(C)C)cc(=O)n(CC4CCC4)c3c2)cc1. The van der Waals surface area contributed by atoms with Gasteiger partial charge in [-0.3, -0.25) is 9.59 Å². The molecule has 2 aromatic carbocycles. The molecule has 1 saturated carbocycles. The van der Waals surface area contributed by atoms with Crippen LogP contribution < -0.4 is 20.3 Å². The van der Waals surface area contributed by atoms with Gasteiger partial charge in [-0.25, -0.2) is 0 Å². The van der Waals surface area contributed by atoms with Crippen molar-refractivity contribution in [1.82, 2.24) is 9.88 Å². The summed E-state index contributed by atoms with van der Waals surface area (Å²) in [5, 5.41) is 3.98. The van der Waals surface area contributed by atoms with Gasteiger partial charge >= 0.3 is 0 Å². The molecule has 0 atom stereocenters. The minimum atomic E-state index is -0.170. The van der Waals surface area contributed by atoms with E-state index in [0.29, 0.717) is 18.2 Å². The molecule has 0 bridgehead atoms. The maximum atomic E-state index is 12.9. The first kappa shape index (κ1) is 23.9. The first-order valence-corrected chi connectivity index (χ1v) is 12.1. The number of pyridine rings is 1. The normalized spacial score (nSPS) is 13.6. The highest BCUT2D eigenvalue weighted by Gasteiger charge is 2.21. The Bertz CT molecular complexity index is 1190. The lowest BCUT2D eigenvalue weighted by Crippen LogP contribution is -2.30. The predicted molar refractivity (Wildman–Crippen MR) is 135 cm³/mol. The highest BCUT2D eigenvalue weighted by atomic mass is 16.5. The van der Waals surface area contributed by atoms with Crippen LogP contribution in [-0.4, -0.2) is 30.7 Å². The molecule has 6 heteroatoms. The van der Waals surface area contributed by atoms with Crippen LogP contribution in [-0.2, 0) is 17.8 Å². The van der Waals surface area contributed by atoms with Gasteiger partial charge in [-0.15, -0.1) is 0 Å². The molecular weight excluding hydrogens is 428 g/mol.